The highest BCUT2D eigenvalue weighted by Crippen LogP contribution is 2.25. The molecule has 0 spiro atoms. The number of esters is 1. The van der Waals surface area contributed by atoms with Crippen molar-refractivity contribution in [2.24, 2.45) is 0 Å². The van der Waals surface area contributed by atoms with Crippen molar-refractivity contribution in [3.8, 4) is 5.88 Å². The van der Waals surface area contributed by atoms with Gasteiger partial charge in [0.25, 0.3) is 15.7 Å². The number of thioether (sulfide) groups is 1. The molecule has 1 heterocycles. The van der Waals surface area contributed by atoms with Gasteiger partial charge in [-0.3, -0.25) is 14.2 Å². The predicted octanol–water partition coefficient (Wildman–Crippen LogP) is 6.78. The molecule has 3 rings (SSSR count). The van der Waals surface area contributed by atoms with E-state index in [1.807, 2.05) is 12.1 Å². The SMILES string of the molecule is CC(C)=CCC/C(C)=C/CC/C(C)=C/CSc1ccccc1C(=O)NCC(=O)OCCCCOc1no[n+]([O-])c1S(=O)(=O)c1ccccc1. The van der Waals surface area contributed by atoms with Gasteiger partial charge in [0.15, 0.2) is 0 Å². The zero-order valence-corrected chi connectivity index (χ0v) is 30.1. The number of nitrogens with zero attached hydrogens (tertiary/aromatic N) is 2. The van der Waals surface area contributed by atoms with Crippen LogP contribution in [0.5, 0.6) is 5.88 Å². The van der Waals surface area contributed by atoms with Crippen LogP contribution in [0.4, 0.5) is 0 Å². The van der Waals surface area contributed by atoms with Crippen LogP contribution in [-0.4, -0.2) is 51.0 Å². The smallest absolute Gasteiger partial charge is 0.414 e. The molecule has 1 amide bonds. The number of amides is 1. The summed E-state index contributed by atoms with van der Waals surface area (Å²) < 4.78 is 40.7. The standard InChI is InChI=1S/C36H45N3O8S2/c1-27(2)14-12-15-28(3)16-13-17-29(4)22-25-48-32-21-9-8-20-31(32)34(41)37-26-33(40)45-23-10-11-24-46-35-36(39(42)47-38-35)49(43,44)30-18-6-5-7-19-30/h5-9,14,16,18-22H,10-13,15,17,23-26H2,1-4H3,(H,37,41)/b28-16+,29-22+. The van der Waals surface area contributed by atoms with Crippen molar-refractivity contribution in [2.75, 3.05) is 25.5 Å². The summed E-state index contributed by atoms with van der Waals surface area (Å²) >= 11 is 1.56. The van der Waals surface area contributed by atoms with Crippen molar-refractivity contribution in [1.29, 1.82) is 0 Å². The third-order valence-electron chi connectivity index (χ3n) is 7.21. The Morgan fingerprint density at radius 2 is 1.57 bits per heavy atom. The number of hydrogen-bond donors (Lipinski definition) is 1. The van der Waals surface area contributed by atoms with Crippen LogP contribution in [0.25, 0.3) is 0 Å². The Morgan fingerprint density at radius 1 is 0.918 bits per heavy atom. The maximum atomic E-state index is 12.9. The summed E-state index contributed by atoms with van der Waals surface area (Å²) in [5.74, 6) is -0.692. The van der Waals surface area contributed by atoms with E-state index < -0.39 is 26.7 Å². The summed E-state index contributed by atoms with van der Waals surface area (Å²) in [4.78, 5) is 25.6. The maximum absolute atomic E-state index is 12.9. The van der Waals surface area contributed by atoms with Crippen molar-refractivity contribution in [3.63, 3.8) is 0 Å². The Bertz CT molecular complexity index is 1730. The van der Waals surface area contributed by atoms with Crippen molar-refractivity contribution in [3.05, 3.63) is 100 Å². The minimum absolute atomic E-state index is 0.00506. The molecule has 1 N–H and O–H groups in total. The molecule has 3 aromatic rings. The van der Waals surface area contributed by atoms with E-state index in [4.69, 9.17) is 9.47 Å². The zero-order chi connectivity index (χ0) is 35.6. The number of sulfone groups is 1. The topological polar surface area (TPSA) is 152 Å². The van der Waals surface area contributed by atoms with Gasteiger partial charge in [-0.25, -0.2) is 8.42 Å². The second-order valence-corrected chi connectivity index (χ2v) is 14.5. The molecule has 0 fully saturated rings. The first kappa shape index (κ1) is 39.1. The normalized spacial score (nSPS) is 12.0. The third-order valence-corrected chi connectivity index (χ3v) is 9.94. The van der Waals surface area contributed by atoms with E-state index in [0.29, 0.717) is 18.4 Å². The molecule has 0 aliphatic carbocycles. The number of unbranched alkanes of at least 4 members (excludes halogenated alkanes) is 1. The summed E-state index contributed by atoms with van der Waals surface area (Å²) in [6.07, 6.45) is 11.7. The number of hydrogen-bond acceptors (Lipinski definition) is 10. The molecule has 0 aliphatic heterocycles. The zero-order valence-electron chi connectivity index (χ0n) is 28.5. The van der Waals surface area contributed by atoms with Gasteiger partial charge in [0.1, 0.15) is 6.54 Å². The summed E-state index contributed by atoms with van der Waals surface area (Å²) in [7, 11) is -4.21. The predicted molar refractivity (Wildman–Crippen MR) is 188 cm³/mol. The second-order valence-electron chi connectivity index (χ2n) is 11.6. The van der Waals surface area contributed by atoms with E-state index in [9.17, 15) is 23.2 Å². The monoisotopic (exact) mass is 711 g/mol. The lowest BCUT2D eigenvalue weighted by molar-refractivity contribution is -0.832. The van der Waals surface area contributed by atoms with Crippen molar-refractivity contribution in [2.45, 2.75) is 81.0 Å². The van der Waals surface area contributed by atoms with E-state index in [-0.39, 0.29) is 35.5 Å². The molecule has 1 aromatic heterocycles. The van der Waals surface area contributed by atoms with E-state index in [1.54, 1.807) is 30.0 Å². The summed E-state index contributed by atoms with van der Waals surface area (Å²) in [6, 6.07) is 14.7. The fourth-order valence-corrected chi connectivity index (χ4v) is 6.82. The molecule has 0 aliphatic rings. The molecule has 0 bridgehead atoms. The minimum atomic E-state index is -4.21. The van der Waals surface area contributed by atoms with E-state index in [1.165, 1.54) is 41.0 Å². The lowest BCUT2D eigenvalue weighted by Crippen LogP contribution is -2.31. The van der Waals surface area contributed by atoms with Gasteiger partial charge in [0, 0.05) is 10.6 Å². The fourth-order valence-electron chi connectivity index (χ4n) is 4.49. The Balaban J connectivity index is 1.36. The molecule has 13 heteroatoms. The molecule has 0 atom stereocenters. The molecular weight excluding hydrogens is 667 g/mol. The average molecular weight is 712 g/mol. The largest absolute Gasteiger partial charge is 0.464 e. The highest BCUT2D eigenvalue weighted by molar-refractivity contribution is 7.99. The number of ether oxygens (including phenoxy) is 2. The van der Waals surface area contributed by atoms with Gasteiger partial charge in [0.05, 0.1) is 28.8 Å². The molecule has 0 saturated carbocycles. The lowest BCUT2D eigenvalue weighted by Gasteiger charge is -2.10. The Hall–Kier alpha value is -4.36. The van der Waals surface area contributed by atoms with Crippen molar-refractivity contribution < 1.29 is 37.0 Å². The summed E-state index contributed by atoms with van der Waals surface area (Å²) in [5, 5.41) is 17.3. The van der Waals surface area contributed by atoms with Crippen LogP contribution < -0.4 is 15.0 Å². The molecule has 49 heavy (non-hydrogen) atoms. The first-order valence-corrected chi connectivity index (χ1v) is 18.6. The molecule has 2 aromatic carbocycles. The lowest BCUT2D eigenvalue weighted by atomic mass is 10.1. The van der Waals surface area contributed by atoms with Crippen LogP contribution in [0.15, 0.2) is 109 Å². The van der Waals surface area contributed by atoms with Gasteiger partial charge < -0.3 is 20.0 Å². The molecule has 264 valence electrons. The Morgan fingerprint density at radius 3 is 2.31 bits per heavy atom. The van der Waals surface area contributed by atoms with E-state index >= 15 is 0 Å². The number of benzene rings is 2. The first-order valence-electron chi connectivity index (χ1n) is 16.1. The van der Waals surface area contributed by atoms with E-state index in [2.05, 4.69) is 61.0 Å². The van der Waals surface area contributed by atoms with Crippen LogP contribution in [-0.2, 0) is 19.4 Å². The number of rotatable bonds is 20. The summed E-state index contributed by atoms with van der Waals surface area (Å²) in [6.45, 7) is 8.30. The highest BCUT2D eigenvalue weighted by Gasteiger charge is 2.35. The second kappa shape index (κ2) is 20.2. The van der Waals surface area contributed by atoms with Crippen molar-refractivity contribution in [1.82, 2.24) is 10.5 Å². The number of nitrogens with one attached hydrogen (secondary N) is 1. The molecule has 0 unspecified atom stereocenters. The molecule has 0 radical (unpaired) electrons. The number of allylic oxidation sites excluding steroid dienone is 5. The first-order chi connectivity index (χ1) is 23.5. The van der Waals surface area contributed by atoms with Crippen LogP contribution in [0.2, 0.25) is 0 Å². The van der Waals surface area contributed by atoms with Gasteiger partial charge in [-0.15, -0.1) is 11.8 Å². The van der Waals surface area contributed by atoms with Gasteiger partial charge in [-0.05, 0) is 95.4 Å². The van der Waals surface area contributed by atoms with Crippen LogP contribution in [0.1, 0.15) is 76.6 Å². The van der Waals surface area contributed by atoms with Crippen LogP contribution in [0.3, 0.4) is 0 Å². The number of carbonyl (C=O) groups is 2. The van der Waals surface area contributed by atoms with Gasteiger partial charge >= 0.3 is 16.9 Å². The Labute approximate surface area is 292 Å². The van der Waals surface area contributed by atoms with E-state index in [0.717, 1.165) is 36.3 Å². The van der Waals surface area contributed by atoms with Crippen LogP contribution >= 0.6 is 11.8 Å². The summed E-state index contributed by atoms with van der Waals surface area (Å²) in [5.41, 5.74) is 4.54. The average Bonchev–Trinajstić information content (AvgIpc) is 3.46. The molecule has 11 nitrogen and oxygen atoms in total. The van der Waals surface area contributed by atoms with Gasteiger partial charge in [-0.2, -0.15) is 0 Å². The molecule has 0 saturated heterocycles. The number of aromatic nitrogens is 2. The Kier molecular flexibility index (Phi) is 16.1. The fraction of sp³-hybridized carbons (Fsp3) is 0.389. The van der Waals surface area contributed by atoms with Gasteiger partial charge in [0.2, 0.25) is 0 Å². The van der Waals surface area contributed by atoms with Crippen molar-refractivity contribution >= 4 is 33.5 Å². The number of carbonyl (C=O) groups excluding carboxylic acids is 2. The molecular formula is C36H45N3O8S2. The van der Waals surface area contributed by atoms with Gasteiger partial charge in [-0.1, -0.05) is 65.3 Å². The maximum Gasteiger partial charge on any atom is 0.414 e. The quantitative estimate of drug-likeness (QED) is 0.0436. The van der Waals surface area contributed by atoms with Crippen LogP contribution in [0, 0.1) is 5.21 Å². The third kappa shape index (κ3) is 13.2. The highest BCUT2D eigenvalue weighted by atomic mass is 32.2. The minimum Gasteiger partial charge on any atom is -0.464 e.